The molecule has 1 atom stereocenters. The van der Waals surface area contributed by atoms with E-state index in [2.05, 4.69) is 20.6 Å². The number of hydrogen-bond donors (Lipinski definition) is 6. The third kappa shape index (κ3) is 8.21. The highest BCUT2D eigenvalue weighted by Crippen LogP contribution is 2.27. The molecular formula is C29H38N10O5S. The molecule has 3 aromatic heterocycles. The molecule has 3 aromatic rings. The van der Waals surface area contributed by atoms with Gasteiger partial charge in [-0.05, 0) is 31.1 Å². The van der Waals surface area contributed by atoms with Gasteiger partial charge in [-0.2, -0.15) is 0 Å². The number of rotatable bonds is 10. The fourth-order valence-electron chi connectivity index (χ4n) is 4.71. The summed E-state index contributed by atoms with van der Waals surface area (Å²) in [6, 6.07) is 2.26. The zero-order valence-electron chi connectivity index (χ0n) is 25.4. The van der Waals surface area contributed by atoms with Gasteiger partial charge in [0, 0.05) is 61.4 Å². The first kappa shape index (κ1) is 33.1. The highest BCUT2D eigenvalue weighted by atomic mass is 32.1. The van der Waals surface area contributed by atoms with Crippen LogP contribution in [0.4, 0.5) is 10.9 Å². The zero-order chi connectivity index (χ0) is 32.9. The Labute approximate surface area is 263 Å². The number of aliphatic carboxylic acids is 1. The SMILES string of the molecule is CC(C)(C)c1csc(NC(=O)c2ccn3c(=O)c(/C=C/C(=O)O)c(N4CCN(C(=O)C(N)CCCNC(=N)N)CC4)nc3c2)n1. The minimum Gasteiger partial charge on any atom is -0.478 e. The predicted molar refractivity (Wildman–Crippen MR) is 173 cm³/mol. The van der Waals surface area contributed by atoms with Crippen LogP contribution in [0.3, 0.4) is 0 Å². The predicted octanol–water partition coefficient (Wildman–Crippen LogP) is 1.04. The third-order valence-corrected chi connectivity index (χ3v) is 7.97. The summed E-state index contributed by atoms with van der Waals surface area (Å²) in [5.74, 6) is -1.75. The zero-order valence-corrected chi connectivity index (χ0v) is 26.2. The molecule has 1 saturated heterocycles. The molecule has 4 heterocycles. The number of pyridine rings is 1. The number of carboxylic acid groups (broad SMARTS) is 1. The van der Waals surface area contributed by atoms with Crippen molar-refractivity contribution in [3.63, 3.8) is 0 Å². The molecule has 15 nitrogen and oxygen atoms in total. The maximum atomic E-state index is 13.5. The molecule has 8 N–H and O–H groups in total. The molecule has 0 spiro atoms. The van der Waals surface area contributed by atoms with E-state index in [0.29, 0.717) is 50.7 Å². The number of aromatic nitrogens is 3. The summed E-state index contributed by atoms with van der Waals surface area (Å²) < 4.78 is 1.25. The lowest BCUT2D eigenvalue weighted by molar-refractivity contribution is -0.133. The fourth-order valence-corrected chi connectivity index (χ4v) is 5.64. The summed E-state index contributed by atoms with van der Waals surface area (Å²) in [4.78, 5) is 63.5. The van der Waals surface area contributed by atoms with E-state index in [-0.39, 0.29) is 39.9 Å². The maximum absolute atomic E-state index is 13.5. The average Bonchev–Trinajstić information content (AvgIpc) is 3.47. The number of piperazine rings is 1. The summed E-state index contributed by atoms with van der Waals surface area (Å²) in [5.41, 5.74) is 12.1. The quantitative estimate of drug-likeness (QED) is 0.0796. The van der Waals surface area contributed by atoms with Crippen LogP contribution in [-0.2, 0) is 15.0 Å². The van der Waals surface area contributed by atoms with Crippen LogP contribution in [0.1, 0.15) is 55.2 Å². The summed E-state index contributed by atoms with van der Waals surface area (Å²) in [7, 11) is 0. The second kappa shape index (κ2) is 13.9. The normalized spacial score (nSPS) is 14.5. The van der Waals surface area contributed by atoms with Gasteiger partial charge in [0.05, 0.1) is 17.3 Å². The van der Waals surface area contributed by atoms with Crippen LogP contribution >= 0.6 is 11.3 Å². The van der Waals surface area contributed by atoms with E-state index in [0.717, 1.165) is 11.8 Å². The van der Waals surface area contributed by atoms with Crippen LogP contribution in [0.5, 0.6) is 0 Å². The van der Waals surface area contributed by atoms with Crippen molar-refractivity contribution in [2.24, 2.45) is 11.5 Å². The molecule has 4 rings (SSSR count). The van der Waals surface area contributed by atoms with Crippen LogP contribution < -0.4 is 32.6 Å². The molecule has 0 radical (unpaired) electrons. The van der Waals surface area contributed by atoms with E-state index < -0.39 is 23.5 Å². The van der Waals surface area contributed by atoms with Crippen molar-refractivity contribution in [2.75, 3.05) is 42.9 Å². The van der Waals surface area contributed by atoms with E-state index in [4.69, 9.17) is 16.9 Å². The Kier molecular flexibility index (Phi) is 10.2. The largest absolute Gasteiger partial charge is 0.478 e. The van der Waals surface area contributed by atoms with Crippen LogP contribution in [-0.4, -0.2) is 86.9 Å². The molecule has 1 aliphatic rings. The first-order valence-electron chi connectivity index (χ1n) is 14.4. The van der Waals surface area contributed by atoms with Gasteiger partial charge in [-0.25, -0.2) is 14.8 Å². The van der Waals surface area contributed by atoms with Crippen molar-refractivity contribution in [3.05, 3.63) is 57.0 Å². The van der Waals surface area contributed by atoms with Crippen molar-refractivity contribution in [1.82, 2.24) is 24.6 Å². The lowest BCUT2D eigenvalue weighted by Gasteiger charge is -2.37. The Morgan fingerprint density at radius 2 is 1.91 bits per heavy atom. The van der Waals surface area contributed by atoms with Gasteiger partial charge in [-0.1, -0.05) is 20.8 Å². The van der Waals surface area contributed by atoms with Crippen molar-refractivity contribution in [2.45, 2.75) is 45.1 Å². The van der Waals surface area contributed by atoms with Gasteiger partial charge >= 0.3 is 5.97 Å². The lowest BCUT2D eigenvalue weighted by atomic mass is 9.93. The molecule has 2 amide bonds. The van der Waals surface area contributed by atoms with Crippen molar-refractivity contribution < 1.29 is 19.5 Å². The van der Waals surface area contributed by atoms with Gasteiger partial charge in [0.2, 0.25) is 5.91 Å². The Morgan fingerprint density at radius 1 is 1.20 bits per heavy atom. The lowest BCUT2D eigenvalue weighted by Crippen LogP contribution is -2.53. The smallest absolute Gasteiger partial charge is 0.328 e. The number of hydrogen-bond acceptors (Lipinski definition) is 10. The number of thiazole rings is 1. The first-order chi connectivity index (χ1) is 21.2. The number of nitrogens with one attached hydrogen (secondary N) is 3. The number of nitrogens with zero attached hydrogens (tertiary/aromatic N) is 5. The standard InChI is InChI=1S/C29H38N10O5S/c1-29(2,3)20-16-45-28(34-20)36-24(42)17-8-10-39-21(15-17)35-23(18(25(39)43)6-7-22(40)41)37-11-13-38(14-12-37)26(44)19(30)5-4-9-33-27(31)32/h6-8,10,15-16,19H,4-5,9,11-14,30H2,1-3H3,(H,40,41)(H4,31,32,33)(H,34,36,42)/b7-6+. The number of fused-ring (bicyclic) bond motifs is 1. The number of carbonyl (C=O) groups excluding carboxylic acids is 2. The molecule has 1 unspecified atom stereocenters. The van der Waals surface area contributed by atoms with E-state index >= 15 is 0 Å². The van der Waals surface area contributed by atoms with Gasteiger partial charge in [0.15, 0.2) is 11.1 Å². The minimum absolute atomic E-state index is 0.0686. The van der Waals surface area contributed by atoms with Crippen molar-refractivity contribution in [1.29, 1.82) is 5.41 Å². The second-order valence-electron chi connectivity index (χ2n) is 11.6. The Hall–Kier alpha value is -4.83. The molecule has 0 saturated carbocycles. The number of nitrogens with two attached hydrogens (primary N) is 2. The third-order valence-electron chi connectivity index (χ3n) is 7.21. The molecule has 16 heteroatoms. The molecule has 0 aliphatic carbocycles. The minimum atomic E-state index is -1.22. The maximum Gasteiger partial charge on any atom is 0.328 e. The molecule has 0 aromatic carbocycles. The van der Waals surface area contributed by atoms with Gasteiger partial charge in [-0.3, -0.25) is 29.5 Å². The summed E-state index contributed by atoms with van der Waals surface area (Å²) in [5, 5.41) is 24.3. The topological polar surface area (TPSA) is 225 Å². The van der Waals surface area contributed by atoms with Gasteiger partial charge in [0.25, 0.3) is 11.5 Å². The van der Waals surface area contributed by atoms with Gasteiger partial charge < -0.3 is 31.7 Å². The second-order valence-corrected chi connectivity index (χ2v) is 12.5. The Balaban J connectivity index is 1.55. The summed E-state index contributed by atoms with van der Waals surface area (Å²) in [6.45, 7) is 7.80. The van der Waals surface area contributed by atoms with E-state index in [9.17, 15) is 24.3 Å². The van der Waals surface area contributed by atoms with E-state index in [1.54, 1.807) is 4.90 Å². The van der Waals surface area contributed by atoms with Crippen molar-refractivity contribution >= 4 is 57.8 Å². The van der Waals surface area contributed by atoms with E-state index in [1.165, 1.54) is 40.1 Å². The molecule has 240 valence electrons. The van der Waals surface area contributed by atoms with Crippen LogP contribution in [0, 0.1) is 5.41 Å². The molecular weight excluding hydrogens is 600 g/mol. The first-order valence-corrected chi connectivity index (χ1v) is 15.2. The van der Waals surface area contributed by atoms with Gasteiger partial charge in [-0.15, -0.1) is 11.3 Å². The number of carbonyl (C=O) groups is 3. The number of amides is 2. The molecule has 45 heavy (non-hydrogen) atoms. The Morgan fingerprint density at radius 3 is 2.53 bits per heavy atom. The number of carboxylic acids is 1. The summed E-state index contributed by atoms with van der Waals surface area (Å²) in [6.07, 6.45) is 4.49. The summed E-state index contributed by atoms with van der Waals surface area (Å²) >= 11 is 1.32. The highest BCUT2D eigenvalue weighted by molar-refractivity contribution is 7.14. The molecule has 1 fully saturated rings. The van der Waals surface area contributed by atoms with Crippen LogP contribution in [0.25, 0.3) is 11.7 Å². The Bertz CT molecular complexity index is 1680. The van der Waals surface area contributed by atoms with E-state index in [1.807, 2.05) is 31.1 Å². The number of guanidine groups is 1. The highest BCUT2D eigenvalue weighted by Gasteiger charge is 2.28. The van der Waals surface area contributed by atoms with Crippen LogP contribution in [0.15, 0.2) is 34.6 Å². The van der Waals surface area contributed by atoms with Crippen LogP contribution in [0.2, 0.25) is 0 Å². The monoisotopic (exact) mass is 638 g/mol. The fraction of sp³-hybridized carbons (Fsp3) is 0.414. The molecule has 1 aliphatic heterocycles. The van der Waals surface area contributed by atoms with Crippen molar-refractivity contribution in [3.8, 4) is 0 Å². The average molecular weight is 639 g/mol. The molecule has 0 bridgehead atoms. The van der Waals surface area contributed by atoms with Gasteiger partial charge in [0.1, 0.15) is 11.5 Å². The number of anilines is 2.